The second kappa shape index (κ2) is 10.8. The van der Waals surface area contributed by atoms with Gasteiger partial charge in [-0.3, -0.25) is 0 Å². The maximum atomic E-state index is 6.67. The van der Waals surface area contributed by atoms with E-state index in [0.717, 1.165) is 59.7 Å². The van der Waals surface area contributed by atoms with Crippen LogP contribution < -0.4 is 25.9 Å². The summed E-state index contributed by atoms with van der Waals surface area (Å²) in [5, 5.41) is 2.60. The van der Waals surface area contributed by atoms with E-state index >= 15 is 0 Å². The Labute approximate surface area is 291 Å². The van der Waals surface area contributed by atoms with Crippen LogP contribution in [0.1, 0.15) is 22.3 Å². The van der Waals surface area contributed by atoms with Gasteiger partial charge in [0.2, 0.25) is 0 Å². The zero-order chi connectivity index (χ0) is 32.8. The fraction of sp³-hybridized carbons (Fsp3) is 0.0870. The van der Waals surface area contributed by atoms with Crippen molar-refractivity contribution in [1.29, 1.82) is 0 Å². The second-order valence-corrected chi connectivity index (χ2v) is 13.9. The highest BCUT2D eigenvalue weighted by molar-refractivity contribution is 6.98. The Bertz CT molecular complexity index is 2560. The van der Waals surface area contributed by atoms with Crippen molar-refractivity contribution in [2.24, 2.45) is 0 Å². The van der Waals surface area contributed by atoms with E-state index in [9.17, 15) is 0 Å². The number of ether oxygens (including phenoxy) is 2. The molecule has 4 bridgehead atoms. The summed E-state index contributed by atoms with van der Waals surface area (Å²) in [5.41, 5.74) is 15.1. The van der Waals surface area contributed by atoms with Crippen LogP contribution in [0, 0.1) is 0 Å². The third-order valence-corrected chi connectivity index (χ3v) is 11.1. The van der Waals surface area contributed by atoms with Crippen molar-refractivity contribution in [3.8, 4) is 39.8 Å². The highest BCUT2D eigenvalue weighted by atomic mass is 16.5. The molecule has 0 amide bonds. The van der Waals surface area contributed by atoms with Crippen LogP contribution in [0.25, 0.3) is 38.6 Å². The van der Waals surface area contributed by atoms with E-state index in [4.69, 9.17) is 9.47 Å². The molecule has 0 fully saturated rings. The zero-order valence-corrected chi connectivity index (χ0v) is 27.5. The zero-order valence-electron chi connectivity index (χ0n) is 27.5. The maximum Gasteiger partial charge on any atom is 0.260 e. The molecule has 1 aromatic heterocycles. The molecule has 2 aliphatic heterocycles. The predicted octanol–water partition coefficient (Wildman–Crippen LogP) is 9.06. The molecular formula is C46H32BNO2. The average molecular weight is 642 g/mol. The Morgan fingerprint density at radius 1 is 0.460 bits per heavy atom. The van der Waals surface area contributed by atoms with Crippen molar-refractivity contribution in [1.82, 2.24) is 4.57 Å². The van der Waals surface area contributed by atoms with Gasteiger partial charge in [-0.2, -0.15) is 0 Å². The van der Waals surface area contributed by atoms with Crippen LogP contribution in [0.3, 0.4) is 0 Å². The fourth-order valence-corrected chi connectivity index (χ4v) is 8.74. The molecule has 0 atom stereocenters. The molecular weight excluding hydrogens is 609 g/mol. The maximum absolute atomic E-state index is 6.67. The van der Waals surface area contributed by atoms with Crippen LogP contribution in [-0.4, -0.2) is 11.3 Å². The van der Waals surface area contributed by atoms with Crippen molar-refractivity contribution >= 4 is 44.9 Å². The number of fused-ring (bicyclic) bond motifs is 7. The van der Waals surface area contributed by atoms with E-state index in [0.29, 0.717) is 0 Å². The Morgan fingerprint density at radius 3 is 1.66 bits per heavy atom. The van der Waals surface area contributed by atoms with Crippen LogP contribution in [0.5, 0.6) is 23.0 Å². The van der Waals surface area contributed by atoms with E-state index in [2.05, 4.69) is 150 Å². The summed E-state index contributed by atoms with van der Waals surface area (Å²) >= 11 is 0. The Hall–Kier alpha value is -6.00. The van der Waals surface area contributed by atoms with Gasteiger partial charge in [0.1, 0.15) is 23.0 Å². The lowest BCUT2D eigenvalue weighted by atomic mass is 9.35. The largest absolute Gasteiger partial charge is 0.458 e. The molecule has 7 aromatic carbocycles. The van der Waals surface area contributed by atoms with Crippen LogP contribution >= 0.6 is 0 Å². The minimum atomic E-state index is 0.0823. The lowest BCUT2D eigenvalue weighted by molar-refractivity contribution is 0.465. The summed E-state index contributed by atoms with van der Waals surface area (Å²) < 4.78 is 15.8. The minimum Gasteiger partial charge on any atom is -0.458 e. The number of rotatable bonds is 2. The Morgan fingerprint density at radius 2 is 1.00 bits per heavy atom. The number of benzene rings is 7. The first kappa shape index (κ1) is 27.9. The standard InChI is InChI=1S/C46H32BNO2/c1-5-13-39-34(9-1)35-10-2-6-14-40(35)48(39)41-26-30-18-22-31-21-17-29(19-23-32(41)24-20-30)25-36(31)33-27-44-46-45(28-33)50-43-16-8-4-12-38(43)47(46)37-11-3-7-15-42(37)49-44/h1-17,20-21,24-28H,18-19,22-23H2. The summed E-state index contributed by atoms with van der Waals surface area (Å²) in [6.07, 6.45) is 3.78. The lowest BCUT2D eigenvalue weighted by Crippen LogP contribution is -2.57. The molecule has 8 aromatic rings. The quantitative estimate of drug-likeness (QED) is 0.176. The first-order valence-electron chi connectivity index (χ1n) is 17.7. The van der Waals surface area contributed by atoms with Crippen LogP contribution in [-0.2, 0) is 25.7 Å². The highest BCUT2D eigenvalue weighted by Crippen LogP contribution is 2.40. The van der Waals surface area contributed by atoms with Crippen molar-refractivity contribution in [3.63, 3.8) is 0 Å². The van der Waals surface area contributed by atoms with Gasteiger partial charge in [0.25, 0.3) is 6.71 Å². The number of hydrogen-bond acceptors (Lipinski definition) is 2. The molecule has 236 valence electrons. The summed E-state index contributed by atoms with van der Waals surface area (Å²) in [6, 6.07) is 53.3. The summed E-state index contributed by atoms with van der Waals surface area (Å²) in [6.45, 7) is 0.0823. The smallest absolute Gasteiger partial charge is 0.260 e. The third kappa shape index (κ3) is 4.18. The summed E-state index contributed by atoms with van der Waals surface area (Å²) in [7, 11) is 0. The average Bonchev–Trinajstić information content (AvgIpc) is 3.49. The first-order valence-corrected chi connectivity index (χ1v) is 17.7. The van der Waals surface area contributed by atoms with E-state index < -0.39 is 0 Å². The lowest BCUT2D eigenvalue weighted by Gasteiger charge is -2.33. The van der Waals surface area contributed by atoms with Crippen molar-refractivity contribution in [3.05, 3.63) is 168 Å². The van der Waals surface area contributed by atoms with Gasteiger partial charge in [0, 0.05) is 21.9 Å². The van der Waals surface area contributed by atoms with Gasteiger partial charge in [0.05, 0.1) is 11.0 Å². The van der Waals surface area contributed by atoms with E-state index in [1.165, 1.54) is 66.2 Å². The van der Waals surface area contributed by atoms with Gasteiger partial charge in [0.15, 0.2) is 0 Å². The molecule has 6 aliphatic rings. The molecule has 3 heterocycles. The molecule has 4 heteroatoms. The molecule has 0 radical (unpaired) electrons. The molecule has 3 nitrogen and oxygen atoms in total. The molecule has 0 spiro atoms. The monoisotopic (exact) mass is 641 g/mol. The van der Waals surface area contributed by atoms with Crippen molar-refractivity contribution in [2.75, 3.05) is 0 Å². The fourth-order valence-electron chi connectivity index (χ4n) is 8.74. The summed E-state index contributed by atoms with van der Waals surface area (Å²) in [5.74, 6) is 3.61. The molecule has 0 N–H and O–H groups in total. The number of nitrogens with zero attached hydrogens (tertiary/aromatic N) is 1. The predicted molar refractivity (Wildman–Crippen MR) is 205 cm³/mol. The normalized spacial score (nSPS) is 14.0. The molecule has 0 saturated carbocycles. The number of hydrogen-bond donors (Lipinski definition) is 0. The molecule has 14 rings (SSSR count). The summed E-state index contributed by atoms with van der Waals surface area (Å²) in [4.78, 5) is 0. The van der Waals surface area contributed by atoms with Gasteiger partial charge in [-0.15, -0.1) is 0 Å². The van der Waals surface area contributed by atoms with Crippen molar-refractivity contribution in [2.45, 2.75) is 25.7 Å². The van der Waals surface area contributed by atoms with Gasteiger partial charge in [-0.1, -0.05) is 103 Å². The third-order valence-electron chi connectivity index (χ3n) is 11.1. The van der Waals surface area contributed by atoms with Crippen LogP contribution in [0.2, 0.25) is 0 Å². The van der Waals surface area contributed by atoms with Crippen molar-refractivity contribution < 1.29 is 9.47 Å². The molecule has 50 heavy (non-hydrogen) atoms. The molecule has 0 saturated heterocycles. The molecule has 0 unspecified atom stereocenters. The minimum absolute atomic E-state index is 0.0823. The SMILES string of the molecule is c1ccc2c(c1)Oc1cc(-c3cc4ccc3CCc3ccc(c(-n5c6ccccc6c6ccccc65)c3)CC4)cc3c1B2c1ccccc1O3. The second-order valence-electron chi connectivity index (χ2n) is 13.9. The van der Waals surface area contributed by atoms with E-state index in [1.807, 2.05) is 0 Å². The van der Waals surface area contributed by atoms with Gasteiger partial charge in [-0.25, -0.2) is 0 Å². The van der Waals surface area contributed by atoms with Gasteiger partial charge in [-0.05, 0) is 112 Å². The molecule has 4 aliphatic carbocycles. The van der Waals surface area contributed by atoms with Gasteiger partial charge >= 0.3 is 0 Å². The number of aromatic nitrogens is 1. The highest BCUT2D eigenvalue weighted by Gasteiger charge is 2.40. The Kier molecular flexibility index (Phi) is 6.00. The van der Waals surface area contributed by atoms with Crippen LogP contribution in [0.4, 0.5) is 0 Å². The topological polar surface area (TPSA) is 23.4 Å². The Balaban J connectivity index is 1.02. The van der Waals surface area contributed by atoms with E-state index in [-0.39, 0.29) is 6.71 Å². The number of aryl methyl sites for hydroxylation is 4. The number of para-hydroxylation sites is 4. The van der Waals surface area contributed by atoms with E-state index in [1.54, 1.807) is 0 Å². The van der Waals surface area contributed by atoms with Gasteiger partial charge < -0.3 is 14.0 Å². The van der Waals surface area contributed by atoms with Crippen LogP contribution in [0.15, 0.2) is 146 Å². The first-order chi connectivity index (χ1) is 24.8.